The number of hydrogen-bond acceptors (Lipinski definition) is 5. The van der Waals surface area contributed by atoms with Gasteiger partial charge < -0.3 is 5.73 Å². The van der Waals surface area contributed by atoms with Crippen LogP contribution in [0.25, 0.3) is 0 Å². The minimum Gasteiger partial charge on any atom is -0.330 e. The quantitative estimate of drug-likeness (QED) is 0.694. The van der Waals surface area contributed by atoms with Crippen LogP contribution >= 0.6 is 0 Å². The number of sulfone groups is 1. The summed E-state index contributed by atoms with van der Waals surface area (Å²) in [7, 11) is -6.80. The van der Waals surface area contributed by atoms with Crippen molar-refractivity contribution in [2.75, 3.05) is 30.9 Å². The molecule has 1 aliphatic carbocycles. The van der Waals surface area contributed by atoms with Gasteiger partial charge in [0.2, 0.25) is 10.0 Å². The van der Waals surface area contributed by atoms with Crippen molar-refractivity contribution in [2.45, 2.75) is 44.6 Å². The fourth-order valence-corrected chi connectivity index (χ4v) is 5.90. The number of nitrogens with two attached hydrogens (primary N) is 1. The molecule has 0 aromatic heterocycles. The van der Waals surface area contributed by atoms with E-state index in [4.69, 9.17) is 5.73 Å². The number of sulfonamides is 1. The molecule has 120 valence electrons. The van der Waals surface area contributed by atoms with Crippen molar-refractivity contribution in [3.8, 4) is 0 Å². The SMILES string of the molecule is CS(=O)(=O)CCS(=O)(=O)N(CCCN)C1CCCCC1. The lowest BCUT2D eigenvalue weighted by atomic mass is 9.95. The van der Waals surface area contributed by atoms with Crippen LogP contribution < -0.4 is 5.73 Å². The first-order valence-corrected chi connectivity index (χ1v) is 10.8. The molecule has 1 fully saturated rings. The second-order valence-electron chi connectivity index (χ2n) is 5.49. The van der Waals surface area contributed by atoms with Crippen molar-refractivity contribution in [2.24, 2.45) is 5.73 Å². The zero-order valence-electron chi connectivity index (χ0n) is 12.1. The van der Waals surface area contributed by atoms with E-state index < -0.39 is 19.9 Å². The summed E-state index contributed by atoms with van der Waals surface area (Å²) >= 11 is 0. The topological polar surface area (TPSA) is 97.5 Å². The van der Waals surface area contributed by atoms with Crippen molar-refractivity contribution >= 4 is 19.9 Å². The van der Waals surface area contributed by atoms with Gasteiger partial charge in [0.15, 0.2) is 0 Å². The van der Waals surface area contributed by atoms with Crippen LogP contribution in [-0.4, -0.2) is 58.0 Å². The molecule has 0 unspecified atom stereocenters. The van der Waals surface area contributed by atoms with Crippen LogP contribution in [0.2, 0.25) is 0 Å². The van der Waals surface area contributed by atoms with E-state index in [1.807, 2.05) is 0 Å². The maximum absolute atomic E-state index is 12.4. The minimum atomic E-state index is -3.53. The largest absolute Gasteiger partial charge is 0.330 e. The van der Waals surface area contributed by atoms with Gasteiger partial charge in [-0.1, -0.05) is 19.3 Å². The Labute approximate surface area is 122 Å². The van der Waals surface area contributed by atoms with Crippen LogP contribution in [0.15, 0.2) is 0 Å². The van der Waals surface area contributed by atoms with Gasteiger partial charge >= 0.3 is 0 Å². The normalized spacial score (nSPS) is 18.6. The van der Waals surface area contributed by atoms with E-state index in [9.17, 15) is 16.8 Å². The predicted molar refractivity (Wildman–Crippen MR) is 80.7 cm³/mol. The second-order valence-corrected chi connectivity index (χ2v) is 9.79. The van der Waals surface area contributed by atoms with Crippen molar-refractivity contribution in [3.05, 3.63) is 0 Å². The number of nitrogens with zero attached hydrogens (tertiary/aromatic N) is 1. The maximum atomic E-state index is 12.4. The standard InChI is InChI=1S/C12H26N2O4S2/c1-19(15,16)10-11-20(17,18)14(9-5-8-13)12-6-3-2-4-7-12/h12H,2-11,13H2,1H3. The fraction of sp³-hybridized carbons (Fsp3) is 1.00. The Balaban J connectivity index is 2.78. The molecule has 0 heterocycles. The van der Waals surface area contributed by atoms with Gasteiger partial charge in [0, 0.05) is 18.8 Å². The first-order valence-electron chi connectivity index (χ1n) is 7.13. The third-order valence-electron chi connectivity index (χ3n) is 3.63. The highest BCUT2D eigenvalue weighted by molar-refractivity contribution is 7.93. The van der Waals surface area contributed by atoms with Crippen LogP contribution in [0, 0.1) is 0 Å². The van der Waals surface area contributed by atoms with E-state index in [1.165, 1.54) is 4.31 Å². The first kappa shape index (κ1) is 17.9. The fourth-order valence-electron chi connectivity index (χ4n) is 2.54. The number of rotatable bonds is 8. The minimum absolute atomic E-state index is 0.0138. The molecule has 0 aromatic rings. The highest BCUT2D eigenvalue weighted by Crippen LogP contribution is 2.25. The summed E-state index contributed by atoms with van der Waals surface area (Å²) in [5, 5.41) is 0. The molecule has 1 rings (SSSR count). The van der Waals surface area contributed by atoms with Gasteiger partial charge in [0.1, 0.15) is 9.84 Å². The monoisotopic (exact) mass is 326 g/mol. The van der Waals surface area contributed by atoms with E-state index in [0.717, 1.165) is 38.4 Å². The highest BCUT2D eigenvalue weighted by atomic mass is 32.2. The summed E-state index contributed by atoms with van der Waals surface area (Å²) in [4.78, 5) is 0. The summed E-state index contributed by atoms with van der Waals surface area (Å²) in [5.74, 6) is -0.645. The molecule has 8 heteroatoms. The maximum Gasteiger partial charge on any atom is 0.215 e. The van der Waals surface area contributed by atoms with Crippen molar-refractivity contribution in [3.63, 3.8) is 0 Å². The summed E-state index contributed by atoms with van der Waals surface area (Å²) < 4.78 is 48.7. The molecule has 1 aliphatic rings. The van der Waals surface area contributed by atoms with E-state index in [2.05, 4.69) is 0 Å². The Morgan fingerprint density at radius 3 is 2.15 bits per heavy atom. The first-order chi connectivity index (χ1) is 9.26. The molecule has 0 bridgehead atoms. The van der Waals surface area contributed by atoms with Gasteiger partial charge in [-0.3, -0.25) is 0 Å². The Morgan fingerprint density at radius 2 is 1.65 bits per heavy atom. The summed E-state index contributed by atoms with van der Waals surface area (Å²) in [6.45, 7) is 0.831. The van der Waals surface area contributed by atoms with Gasteiger partial charge in [0.05, 0.1) is 11.5 Å². The van der Waals surface area contributed by atoms with E-state index in [-0.39, 0.29) is 17.5 Å². The average Bonchev–Trinajstić information content (AvgIpc) is 2.37. The second kappa shape index (κ2) is 7.72. The van der Waals surface area contributed by atoms with Crippen LogP contribution in [0.5, 0.6) is 0 Å². The smallest absolute Gasteiger partial charge is 0.215 e. The zero-order valence-corrected chi connectivity index (χ0v) is 13.8. The Kier molecular flexibility index (Phi) is 6.90. The van der Waals surface area contributed by atoms with Crippen LogP contribution in [0.3, 0.4) is 0 Å². The Hall–Kier alpha value is -0.180. The molecule has 0 amide bonds. The van der Waals surface area contributed by atoms with Crippen LogP contribution in [-0.2, 0) is 19.9 Å². The molecule has 2 N–H and O–H groups in total. The molecule has 0 atom stereocenters. The highest BCUT2D eigenvalue weighted by Gasteiger charge is 2.30. The van der Waals surface area contributed by atoms with Gasteiger partial charge in [-0.15, -0.1) is 0 Å². The molecule has 1 saturated carbocycles. The summed E-state index contributed by atoms with van der Waals surface area (Å²) in [6, 6.07) is 0.0138. The Bertz CT molecular complexity index is 482. The average molecular weight is 326 g/mol. The van der Waals surface area contributed by atoms with Crippen molar-refractivity contribution in [1.82, 2.24) is 4.31 Å². The Morgan fingerprint density at radius 1 is 1.05 bits per heavy atom. The molecular formula is C12H26N2O4S2. The van der Waals surface area contributed by atoms with Gasteiger partial charge in [-0.05, 0) is 25.8 Å². The van der Waals surface area contributed by atoms with Crippen molar-refractivity contribution < 1.29 is 16.8 Å². The van der Waals surface area contributed by atoms with Crippen LogP contribution in [0.4, 0.5) is 0 Å². The van der Waals surface area contributed by atoms with Gasteiger partial charge in [0.25, 0.3) is 0 Å². The molecule has 20 heavy (non-hydrogen) atoms. The predicted octanol–water partition coefficient (Wildman–Crippen LogP) is 0.344. The lowest BCUT2D eigenvalue weighted by Gasteiger charge is -2.33. The molecule has 0 spiro atoms. The van der Waals surface area contributed by atoms with Gasteiger partial charge in [-0.25, -0.2) is 16.8 Å². The van der Waals surface area contributed by atoms with E-state index >= 15 is 0 Å². The lowest BCUT2D eigenvalue weighted by Crippen LogP contribution is -2.44. The molecule has 0 aromatic carbocycles. The van der Waals surface area contributed by atoms with E-state index in [1.54, 1.807) is 0 Å². The molecule has 0 radical (unpaired) electrons. The molecule has 6 nitrogen and oxygen atoms in total. The van der Waals surface area contributed by atoms with E-state index in [0.29, 0.717) is 19.5 Å². The lowest BCUT2D eigenvalue weighted by molar-refractivity contribution is 0.252. The molecular weight excluding hydrogens is 300 g/mol. The number of hydrogen-bond donors (Lipinski definition) is 1. The summed E-state index contributed by atoms with van der Waals surface area (Å²) in [5.41, 5.74) is 5.48. The zero-order chi connectivity index (χ0) is 15.2. The van der Waals surface area contributed by atoms with Crippen LogP contribution in [0.1, 0.15) is 38.5 Å². The third kappa shape index (κ3) is 6.07. The van der Waals surface area contributed by atoms with Gasteiger partial charge in [-0.2, -0.15) is 4.31 Å². The molecule has 0 aliphatic heterocycles. The molecule has 0 saturated heterocycles. The van der Waals surface area contributed by atoms with Crippen molar-refractivity contribution in [1.29, 1.82) is 0 Å². The third-order valence-corrected chi connectivity index (χ3v) is 6.75. The summed E-state index contributed by atoms with van der Waals surface area (Å²) in [6.07, 6.45) is 6.61.